The normalized spacial score (nSPS) is 12.4. The number of hydrogen-bond acceptors (Lipinski definition) is 8. The van der Waals surface area contributed by atoms with Gasteiger partial charge in [-0.2, -0.15) is 18.3 Å². The molecule has 206 valence electrons. The molecule has 1 amide bonds. The van der Waals surface area contributed by atoms with Gasteiger partial charge in [-0.15, -0.1) is 0 Å². The molecule has 39 heavy (non-hydrogen) atoms. The molecule has 2 N–H and O–H groups in total. The van der Waals surface area contributed by atoms with E-state index in [1.54, 1.807) is 30.3 Å². The molecule has 0 spiro atoms. The molecule has 0 saturated carbocycles. The van der Waals surface area contributed by atoms with E-state index in [4.69, 9.17) is 9.47 Å². The first-order valence-electron chi connectivity index (χ1n) is 12.1. The number of ether oxygens (including phenoxy) is 2. The molecule has 4 aromatic rings. The number of hydrogen-bond donors (Lipinski definition) is 2. The zero-order chi connectivity index (χ0) is 28.0. The third-order valence-electron chi connectivity index (χ3n) is 6.01. The van der Waals surface area contributed by atoms with Crippen LogP contribution in [0.15, 0.2) is 49.1 Å². The van der Waals surface area contributed by atoms with Crippen molar-refractivity contribution in [1.29, 1.82) is 0 Å². The number of alkyl halides is 3. The van der Waals surface area contributed by atoms with Crippen LogP contribution in [0.2, 0.25) is 0 Å². The predicted molar refractivity (Wildman–Crippen MR) is 139 cm³/mol. The number of pyridine rings is 1. The first-order chi connectivity index (χ1) is 18.7. The number of carbonyl (C=O) groups is 1. The van der Waals surface area contributed by atoms with Crippen molar-refractivity contribution >= 4 is 22.8 Å². The molecule has 0 aliphatic heterocycles. The summed E-state index contributed by atoms with van der Waals surface area (Å²) in [5.41, 5.74) is 3.12. The van der Waals surface area contributed by atoms with Crippen LogP contribution < -0.4 is 15.4 Å². The van der Waals surface area contributed by atoms with E-state index >= 15 is 0 Å². The van der Waals surface area contributed by atoms with Crippen molar-refractivity contribution in [2.24, 2.45) is 0 Å². The molecule has 0 bridgehead atoms. The second-order valence-electron chi connectivity index (χ2n) is 8.82. The molecule has 3 aromatic heterocycles. The van der Waals surface area contributed by atoms with Crippen LogP contribution >= 0.6 is 0 Å². The van der Waals surface area contributed by atoms with E-state index in [2.05, 4.69) is 25.4 Å². The number of nitrogens with one attached hydrogen (secondary N) is 2. The average Bonchev–Trinajstić information content (AvgIpc) is 3.35. The fraction of sp³-hybridized carbons (Fsp3) is 0.346. The number of amides is 1. The van der Waals surface area contributed by atoms with E-state index in [1.807, 2.05) is 24.4 Å². The van der Waals surface area contributed by atoms with Crippen molar-refractivity contribution in [3.8, 4) is 17.0 Å². The van der Waals surface area contributed by atoms with Crippen LogP contribution in [0.25, 0.3) is 22.3 Å². The van der Waals surface area contributed by atoms with Crippen molar-refractivity contribution in [2.45, 2.75) is 25.6 Å². The Morgan fingerprint density at radius 1 is 1.10 bits per heavy atom. The summed E-state index contributed by atoms with van der Waals surface area (Å²) < 4.78 is 49.6. The molecule has 10 nitrogen and oxygen atoms in total. The largest absolute Gasteiger partial charge is 0.496 e. The van der Waals surface area contributed by atoms with Crippen molar-refractivity contribution in [2.75, 3.05) is 39.2 Å². The Kier molecular flexibility index (Phi) is 8.59. The van der Waals surface area contributed by atoms with Gasteiger partial charge in [0, 0.05) is 48.3 Å². The highest BCUT2D eigenvalue weighted by Crippen LogP contribution is 2.29. The van der Waals surface area contributed by atoms with Crippen LogP contribution in [0, 0.1) is 0 Å². The second kappa shape index (κ2) is 12.1. The second-order valence-corrected chi connectivity index (χ2v) is 8.82. The number of fused-ring (bicyclic) bond motifs is 1. The molecule has 0 aliphatic rings. The third-order valence-corrected chi connectivity index (χ3v) is 6.01. The number of benzene rings is 1. The zero-order valence-electron chi connectivity index (χ0n) is 21.6. The topological polar surface area (TPSA) is 116 Å². The monoisotopic (exact) mass is 543 g/mol. The summed E-state index contributed by atoms with van der Waals surface area (Å²) in [6.45, 7) is 2.16. The average molecular weight is 544 g/mol. The van der Waals surface area contributed by atoms with Gasteiger partial charge in [0.1, 0.15) is 24.4 Å². The highest BCUT2D eigenvalue weighted by atomic mass is 19.4. The lowest BCUT2D eigenvalue weighted by Gasteiger charge is -2.18. The van der Waals surface area contributed by atoms with E-state index in [0.29, 0.717) is 37.0 Å². The third kappa shape index (κ3) is 6.99. The molecule has 1 aromatic carbocycles. The molecule has 0 aliphatic carbocycles. The van der Waals surface area contributed by atoms with Gasteiger partial charge in [0.2, 0.25) is 0 Å². The SMILES string of the molecule is COCCn1ncc2cc(-c3cc(NCC(C)c4ccc(C(=O)NCC(F)(F)F)cc4OC)ncn3)cnc21. The summed E-state index contributed by atoms with van der Waals surface area (Å²) in [6.07, 6.45) is 0.461. The molecular formula is C26H28F3N7O3. The Labute approximate surface area is 222 Å². The Bertz CT molecular complexity index is 1440. The summed E-state index contributed by atoms with van der Waals surface area (Å²) in [7, 11) is 3.08. The summed E-state index contributed by atoms with van der Waals surface area (Å²) in [4.78, 5) is 25.3. The predicted octanol–water partition coefficient (Wildman–Crippen LogP) is 4.05. The minimum Gasteiger partial charge on any atom is -0.496 e. The van der Waals surface area contributed by atoms with Crippen molar-refractivity contribution < 1.29 is 27.4 Å². The maximum Gasteiger partial charge on any atom is 0.405 e. The van der Waals surface area contributed by atoms with Crippen molar-refractivity contribution in [3.05, 3.63) is 60.2 Å². The number of methoxy groups -OCH3 is 2. The van der Waals surface area contributed by atoms with E-state index in [0.717, 1.165) is 22.2 Å². The fourth-order valence-corrected chi connectivity index (χ4v) is 3.97. The van der Waals surface area contributed by atoms with Gasteiger partial charge in [-0.3, -0.25) is 4.79 Å². The molecule has 0 fully saturated rings. The molecule has 1 atom stereocenters. The minimum atomic E-state index is -4.49. The zero-order valence-corrected chi connectivity index (χ0v) is 21.6. The quantitative estimate of drug-likeness (QED) is 0.291. The van der Waals surface area contributed by atoms with Crippen LogP contribution in [-0.4, -0.2) is 70.7 Å². The molecule has 0 radical (unpaired) electrons. The summed E-state index contributed by atoms with van der Waals surface area (Å²) in [5.74, 6) is 0.0932. The number of rotatable bonds is 11. The maximum absolute atomic E-state index is 12.4. The Balaban J connectivity index is 1.43. The highest BCUT2D eigenvalue weighted by Gasteiger charge is 2.28. The molecule has 13 heteroatoms. The number of anilines is 1. The van der Waals surface area contributed by atoms with Gasteiger partial charge in [0.05, 0.1) is 32.2 Å². The first kappa shape index (κ1) is 27.8. The van der Waals surface area contributed by atoms with Gasteiger partial charge in [-0.05, 0) is 23.8 Å². The highest BCUT2D eigenvalue weighted by molar-refractivity contribution is 5.94. The van der Waals surface area contributed by atoms with Crippen LogP contribution in [0.1, 0.15) is 28.8 Å². The van der Waals surface area contributed by atoms with E-state index in [-0.39, 0.29) is 11.5 Å². The van der Waals surface area contributed by atoms with E-state index in [1.165, 1.54) is 25.6 Å². The van der Waals surface area contributed by atoms with Crippen LogP contribution in [-0.2, 0) is 11.3 Å². The lowest BCUT2D eigenvalue weighted by atomic mass is 9.98. The van der Waals surface area contributed by atoms with Crippen molar-refractivity contribution in [3.63, 3.8) is 0 Å². The fourth-order valence-electron chi connectivity index (χ4n) is 3.97. The summed E-state index contributed by atoms with van der Waals surface area (Å²) >= 11 is 0. The van der Waals surface area contributed by atoms with Gasteiger partial charge < -0.3 is 20.1 Å². The standard InChI is InChI=1S/C26H28F3N7O3/c1-16(20-5-4-17(9-22(20)39-3)25(37)32-14-26(27,28)29)11-30-23-10-21(33-15-34-23)18-8-19-13-35-36(6-7-38-2)24(19)31-12-18/h4-5,8-10,12-13,15-16H,6-7,11,14H2,1-3H3,(H,32,37)(H,30,33,34). The summed E-state index contributed by atoms with van der Waals surface area (Å²) in [6, 6.07) is 8.36. The number of nitrogens with zero attached hydrogens (tertiary/aromatic N) is 5. The van der Waals surface area contributed by atoms with Gasteiger partial charge >= 0.3 is 6.18 Å². The van der Waals surface area contributed by atoms with E-state index in [9.17, 15) is 18.0 Å². The van der Waals surface area contributed by atoms with Crippen molar-refractivity contribution in [1.82, 2.24) is 30.0 Å². The lowest BCUT2D eigenvalue weighted by Crippen LogP contribution is -2.33. The molecule has 1 unspecified atom stereocenters. The molecular weight excluding hydrogens is 515 g/mol. The van der Waals surface area contributed by atoms with Gasteiger partial charge in [-0.1, -0.05) is 13.0 Å². The first-order valence-corrected chi connectivity index (χ1v) is 12.1. The number of halogens is 3. The number of carbonyl (C=O) groups excluding carboxylic acids is 1. The van der Waals surface area contributed by atoms with Crippen LogP contribution in [0.3, 0.4) is 0 Å². The van der Waals surface area contributed by atoms with Crippen LogP contribution in [0.5, 0.6) is 5.75 Å². The van der Waals surface area contributed by atoms with Crippen LogP contribution in [0.4, 0.5) is 19.0 Å². The van der Waals surface area contributed by atoms with Gasteiger partial charge in [0.15, 0.2) is 5.65 Å². The lowest BCUT2D eigenvalue weighted by molar-refractivity contribution is -0.123. The molecule has 4 rings (SSSR count). The smallest absolute Gasteiger partial charge is 0.405 e. The summed E-state index contributed by atoms with van der Waals surface area (Å²) in [5, 5.41) is 10.4. The Morgan fingerprint density at radius 3 is 2.67 bits per heavy atom. The van der Waals surface area contributed by atoms with Gasteiger partial charge in [0.25, 0.3) is 5.91 Å². The molecule has 0 saturated heterocycles. The maximum atomic E-state index is 12.4. The Hall–Kier alpha value is -4.26. The number of aromatic nitrogens is 5. The minimum absolute atomic E-state index is 0.0790. The Morgan fingerprint density at radius 2 is 1.92 bits per heavy atom. The van der Waals surface area contributed by atoms with Gasteiger partial charge in [-0.25, -0.2) is 19.6 Å². The molecule has 3 heterocycles. The van der Waals surface area contributed by atoms with E-state index < -0.39 is 18.6 Å².